The van der Waals surface area contributed by atoms with Gasteiger partial charge in [0.25, 0.3) is 0 Å². The minimum absolute atomic E-state index is 0.0915. The summed E-state index contributed by atoms with van der Waals surface area (Å²) < 4.78 is 5.86. The normalized spacial score (nSPS) is 10.3. The molecule has 0 aliphatic rings. The first-order valence-corrected chi connectivity index (χ1v) is 11.4. The maximum atomic E-state index is 13.1. The summed E-state index contributed by atoms with van der Waals surface area (Å²) in [4.78, 5) is 27.1. The lowest BCUT2D eigenvalue weighted by atomic mass is 10.1. The van der Waals surface area contributed by atoms with E-state index in [0.717, 1.165) is 11.3 Å². The van der Waals surface area contributed by atoms with Gasteiger partial charge in [0.1, 0.15) is 11.5 Å². The van der Waals surface area contributed by atoms with E-state index in [0.29, 0.717) is 36.6 Å². The first kappa shape index (κ1) is 23.6. The highest BCUT2D eigenvalue weighted by Gasteiger charge is 2.17. The zero-order chi connectivity index (χ0) is 24.3. The third kappa shape index (κ3) is 7.20. The molecule has 4 aromatic carbocycles. The van der Waals surface area contributed by atoms with E-state index >= 15 is 0 Å². The van der Waals surface area contributed by atoms with E-state index in [4.69, 9.17) is 4.74 Å². The Morgan fingerprint density at radius 1 is 0.686 bits per heavy atom. The SMILES string of the molecule is O=C(Cc1ccccc1)NCCN(C(=O)Nc1ccccc1)c1ccc(Oc2ccccc2)cc1. The minimum atomic E-state index is -0.287. The van der Waals surface area contributed by atoms with E-state index in [1.807, 2.05) is 115 Å². The molecule has 0 aliphatic carbocycles. The van der Waals surface area contributed by atoms with Gasteiger partial charge in [0.2, 0.25) is 5.91 Å². The van der Waals surface area contributed by atoms with Gasteiger partial charge in [-0.05, 0) is 54.1 Å². The summed E-state index contributed by atoms with van der Waals surface area (Å²) in [5.74, 6) is 1.31. The van der Waals surface area contributed by atoms with Crippen LogP contribution < -0.4 is 20.3 Å². The Hall–Kier alpha value is -4.58. The van der Waals surface area contributed by atoms with Crippen molar-refractivity contribution in [1.29, 1.82) is 0 Å². The van der Waals surface area contributed by atoms with Gasteiger partial charge < -0.3 is 15.4 Å². The molecule has 0 saturated heterocycles. The monoisotopic (exact) mass is 465 g/mol. The van der Waals surface area contributed by atoms with Crippen LogP contribution in [0.15, 0.2) is 115 Å². The zero-order valence-corrected chi connectivity index (χ0v) is 19.3. The van der Waals surface area contributed by atoms with Crippen LogP contribution in [-0.2, 0) is 11.2 Å². The zero-order valence-electron chi connectivity index (χ0n) is 19.3. The molecule has 4 aromatic rings. The van der Waals surface area contributed by atoms with Crippen molar-refractivity contribution in [3.05, 3.63) is 121 Å². The molecule has 0 heterocycles. The maximum Gasteiger partial charge on any atom is 0.326 e. The molecule has 3 amide bonds. The van der Waals surface area contributed by atoms with E-state index in [2.05, 4.69) is 10.6 Å². The van der Waals surface area contributed by atoms with Gasteiger partial charge in [-0.1, -0.05) is 66.7 Å². The quantitative estimate of drug-likeness (QED) is 0.324. The number of urea groups is 1. The van der Waals surface area contributed by atoms with E-state index in [-0.39, 0.29) is 11.9 Å². The van der Waals surface area contributed by atoms with Crippen molar-refractivity contribution in [2.45, 2.75) is 6.42 Å². The van der Waals surface area contributed by atoms with E-state index in [1.165, 1.54) is 0 Å². The molecule has 0 atom stereocenters. The van der Waals surface area contributed by atoms with Crippen LogP contribution in [0.3, 0.4) is 0 Å². The topological polar surface area (TPSA) is 70.7 Å². The molecule has 0 radical (unpaired) electrons. The van der Waals surface area contributed by atoms with Gasteiger partial charge in [-0.2, -0.15) is 0 Å². The fourth-order valence-electron chi connectivity index (χ4n) is 3.53. The molecule has 0 fully saturated rings. The highest BCUT2D eigenvalue weighted by atomic mass is 16.5. The molecule has 0 aliphatic heterocycles. The lowest BCUT2D eigenvalue weighted by molar-refractivity contribution is -0.120. The number of benzene rings is 4. The summed E-state index contributed by atoms with van der Waals surface area (Å²) in [5.41, 5.74) is 2.33. The van der Waals surface area contributed by atoms with E-state index < -0.39 is 0 Å². The van der Waals surface area contributed by atoms with Gasteiger partial charge >= 0.3 is 6.03 Å². The van der Waals surface area contributed by atoms with Crippen LogP contribution in [0, 0.1) is 0 Å². The molecule has 6 heteroatoms. The Morgan fingerprint density at radius 2 is 1.26 bits per heavy atom. The van der Waals surface area contributed by atoms with Gasteiger partial charge in [-0.25, -0.2) is 4.79 Å². The van der Waals surface area contributed by atoms with Crippen LogP contribution in [0.2, 0.25) is 0 Å². The number of rotatable bonds is 9. The van der Waals surface area contributed by atoms with Crippen molar-refractivity contribution in [3.63, 3.8) is 0 Å². The molecule has 0 unspecified atom stereocenters. The number of hydrogen-bond donors (Lipinski definition) is 2. The molecule has 0 saturated carbocycles. The van der Waals surface area contributed by atoms with Gasteiger partial charge in [-0.15, -0.1) is 0 Å². The summed E-state index contributed by atoms with van der Waals surface area (Å²) >= 11 is 0. The first-order chi connectivity index (χ1) is 17.2. The molecule has 4 rings (SSSR count). The van der Waals surface area contributed by atoms with Crippen LogP contribution in [0.25, 0.3) is 0 Å². The van der Waals surface area contributed by atoms with E-state index in [1.54, 1.807) is 4.90 Å². The average molecular weight is 466 g/mol. The number of carbonyl (C=O) groups excluding carboxylic acids is 2. The third-order valence-electron chi connectivity index (χ3n) is 5.26. The van der Waals surface area contributed by atoms with Crippen molar-refractivity contribution in [2.75, 3.05) is 23.3 Å². The number of nitrogens with zero attached hydrogens (tertiary/aromatic N) is 1. The second-order valence-electron chi connectivity index (χ2n) is 7.87. The van der Waals surface area contributed by atoms with Crippen LogP contribution >= 0.6 is 0 Å². The second-order valence-corrected chi connectivity index (χ2v) is 7.87. The second kappa shape index (κ2) is 12.0. The molecule has 0 bridgehead atoms. The van der Waals surface area contributed by atoms with Crippen LogP contribution in [0.1, 0.15) is 5.56 Å². The van der Waals surface area contributed by atoms with Gasteiger partial charge in [0.05, 0.1) is 6.42 Å². The third-order valence-corrected chi connectivity index (χ3v) is 5.26. The maximum absolute atomic E-state index is 13.1. The lowest BCUT2D eigenvalue weighted by Crippen LogP contribution is -2.41. The van der Waals surface area contributed by atoms with Gasteiger partial charge in [-0.3, -0.25) is 9.69 Å². The average Bonchev–Trinajstić information content (AvgIpc) is 2.89. The fraction of sp³-hybridized carbons (Fsp3) is 0.103. The minimum Gasteiger partial charge on any atom is -0.457 e. The molecular weight excluding hydrogens is 438 g/mol. The summed E-state index contributed by atoms with van der Waals surface area (Å²) in [6, 6.07) is 35.3. The number of hydrogen-bond acceptors (Lipinski definition) is 3. The molecule has 6 nitrogen and oxygen atoms in total. The first-order valence-electron chi connectivity index (χ1n) is 11.4. The number of ether oxygens (including phenoxy) is 1. The Labute approximate surface area is 205 Å². The van der Waals surface area contributed by atoms with Gasteiger partial charge in [0.15, 0.2) is 0 Å². The molecule has 176 valence electrons. The molecular formula is C29H27N3O3. The number of para-hydroxylation sites is 2. The highest BCUT2D eigenvalue weighted by molar-refractivity contribution is 6.01. The molecule has 2 N–H and O–H groups in total. The van der Waals surface area contributed by atoms with Gasteiger partial charge in [0, 0.05) is 24.5 Å². The Kier molecular flexibility index (Phi) is 8.11. The summed E-state index contributed by atoms with van der Waals surface area (Å²) in [5, 5.41) is 5.82. The Bertz CT molecular complexity index is 1210. The van der Waals surface area contributed by atoms with Crippen LogP contribution in [-0.4, -0.2) is 25.0 Å². The fourth-order valence-corrected chi connectivity index (χ4v) is 3.53. The van der Waals surface area contributed by atoms with Crippen molar-refractivity contribution >= 4 is 23.3 Å². The highest BCUT2D eigenvalue weighted by Crippen LogP contribution is 2.25. The Morgan fingerprint density at radius 3 is 1.91 bits per heavy atom. The molecule has 35 heavy (non-hydrogen) atoms. The summed E-state index contributed by atoms with van der Waals surface area (Å²) in [6.07, 6.45) is 0.294. The van der Waals surface area contributed by atoms with Crippen molar-refractivity contribution in [2.24, 2.45) is 0 Å². The predicted octanol–water partition coefficient (Wildman–Crippen LogP) is 5.88. The number of anilines is 2. The lowest BCUT2D eigenvalue weighted by Gasteiger charge is -2.24. The van der Waals surface area contributed by atoms with Crippen LogP contribution in [0.5, 0.6) is 11.5 Å². The smallest absolute Gasteiger partial charge is 0.326 e. The summed E-state index contributed by atoms with van der Waals surface area (Å²) in [7, 11) is 0. The predicted molar refractivity (Wildman–Crippen MR) is 139 cm³/mol. The molecule has 0 spiro atoms. The van der Waals surface area contributed by atoms with E-state index in [9.17, 15) is 9.59 Å². The largest absolute Gasteiger partial charge is 0.457 e. The van der Waals surface area contributed by atoms with Crippen molar-refractivity contribution < 1.29 is 14.3 Å². The van der Waals surface area contributed by atoms with Crippen molar-refractivity contribution in [1.82, 2.24) is 5.32 Å². The van der Waals surface area contributed by atoms with Crippen molar-refractivity contribution in [3.8, 4) is 11.5 Å². The Balaban J connectivity index is 1.42. The number of carbonyl (C=O) groups is 2. The number of amides is 3. The number of nitrogens with one attached hydrogen (secondary N) is 2. The summed E-state index contributed by atoms with van der Waals surface area (Å²) in [6.45, 7) is 0.619. The molecule has 0 aromatic heterocycles. The standard InChI is InChI=1S/C29H27N3O3/c33-28(22-23-10-4-1-5-11-23)30-20-21-32(29(34)31-24-12-6-2-7-13-24)25-16-18-27(19-17-25)35-26-14-8-3-9-15-26/h1-19H,20-22H2,(H,30,33)(H,31,34). The van der Waals surface area contributed by atoms with Crippen LogP contribution in [0.4, 0.5) is 16.2 Å².